The van der Waals surface area contributed by atoms with Gasteiger partial charge < -0.3 is 14.4 Å². The zero-order chi connectivity index (χ0) is 15.2. The summed E-state index contributed by atoms with van der Waals surface area (Å²) >= 11 is 7.37. The van der Waals surface area contributed by atoms with E-state index in [1.54, 1.807) is 6.20 Å². The number of aryl methyl sites for hydroxylation is 1. The van der Waals surface area contributed by atoms with Crippen molar-refractivity contribution in [3.8, 4) is 0 Å². The molecule has 2 unspecified atom stereocenters. The lowest BCUT2D eigenvalue weighted by Gasteiger charge is -2.16. The van der Waals surface area contributed by atoms with Gasteiger partial charge in [-0.3, -0.25) is 0 Å². The molecular formula is C15H19ClN2O2S. The van der Waals surface area contributed by atoms with Crippen molar-refractivity contribution in [2.24, 2.45) is 7.05 Å². The molecule has 21 heavy (non-hydrogen) atoms. The van der Waals surface area contributed by atoms with E-state index in [1.165, 1.54) is 11.8 Å². The fourth-order valence-corrected chi connectivity index (χ4v) is 2.76. The second-order valence-electron chi connectivity index (χ2n) is 4.81. The molecule has 2 atom stereocenters. The van der Waals surface area contributed by atoms with Crippen LogP contribution in [0.2, 0.25) is 5.02 Å². The minimum absolute atomic E-state index is 0.0740. The van der Waals surface area contributed by atoms with Gasteiger partial charge in [0.2, 0.25) is 0 Å². The van der Waals surface area contributed by atoms with Crippen molar-refractivity contribution in [3.63, 3.8) is 0 Å². The molecule has 1 aromatic heterocycles. The second kappa shape index (κ2) is 7.84. The molecule has 0 fully saturated rings. The number of hydrogen-bond acceptors (Lipinski definition) is 4. The van der Waals surface area contributed by atoms with Gasteiger partial charge in [-0.25, -0.2) is 4.98 Å². The van der Waals surface area contributed by atoms with Gasteiger partial charge in [-0.15, -0.1) is 0 Å². The third-order valence-electron chi connectivity index (χ3n) is 3.06. The lowest BCUT2D eigenvalue weighted by molar-refractivity contribution is 0.00621. The summed E-state index contributed by atoms with van der Waals surface area (Å²) in [6, 6.07) is 7.54. The third-order valence-corrected chi connectivity index (χ3v) is 4.51. The number of halogens is 1. The molecule has 0 radical (unpaired) electrons. The van der Waals surface area contributed by atoms with Gasteiger partial charge in [-0.05, 0) is 24.6 Å². The molecule has 1 heterocycles. The molecular weight excluding hydrogens is 308 g/mol. The molecule has 0 amide bonds. The highest BCUT2D eigenvalue weighted by Gasteiger charge is 2.11. The molecule has 2 rings (SSSR count). The molecule has 1 aromatic carbocycles. The Morgan fingerprint density at radius 2 is 2.10 bits per heavy atom. The van der Waals surface area contributed by atoms with Gasteiger partial charge >= 0.3 is 0 Å². The summed E-state index contributed by atoms with van der Waals surface area (Å²) in [5.74, 6) is 0.554. The predicted octanol–water partition coefficient (Wildman–Crippen LogP) is 3.30. The molecule has 0 spiro atoms. The van der Waals surface area contributed by atoms with Crippen LogP contribution in [0.5, 0.6) is 0 Å². The quantitative estimate of drug-likeness (QED) is 0.793. The molecule has 0 saturated carbocycles. The molecule has 0 saturated heterocycles. The summed E-state index contributed by atoms with van der Waals surface area (Å²) in [7, 11) is 1.93. The van der Waals surface area contributed by atoms with Crippen molar-refractivity contribution >= 4 is 23.4 Å². The van der Waals surface area contributed by atoms with Gasteiger partial charge in [0.15, 0.2) is 5.16 Å². The van der Waals surface area contributed by atoms with Crippen molar-refractivity contribution in [1.82, 2.24) is 9.55 Å². The monoisotopic (exact) mass is 326 g/mol. The highest BCUT2D eigenvalue weighted by molar-refractivity contribution is 7.99. The molecule has 2 aromatic rings. The van der Waals surface area contributed by atoms with Crippen molar-refractivity contribution in [3.05, 3.63) is 47.2 Å². The first-order valence-corrected chi connectivity index (χ1v) is 8.08. The number of imidazole rings is 1. The summed E-state index contributed by atoms with van der Waals surface area (Å²) in [6.45, 7) is 2.25. The Labute approximate surface area is 134 Å². The number of thioether (sulfide) groups is 1. The topological polar surface area (TPSA) is 47.3 Å². The first-order chi connectivity index (χ1) is 10.1. The Morgan fingerprint density at radius 3 is 2.71 bits per heavy atom. The molecule has 114 valence electrons. The number of aliphatic hydroxyl groups excluding tert-OH is 1. The van der Waals surface area contributed by atoms with Gasteiger partial charge in [-0.1, -0.05) is 35.5 Å². The van der Waals surface area contributed by atoms with E-state index in [0.717, 1.165) is 10.7 Å². The highest BCUT2D eigenvalue weighted by atomic mass is 35.5. The van der Waals surface area contributed by atoms with Crippen LogP contribution in [-0.4, -0.2) is 33.1 Å². The van der Waals surface area contributed by atoms with Crippen LogP contribution in [-0.2, 0) is 11.8 Å². The Hall–Kier alpha value is -1.01. The number of benzene rings is 1. The van der Waals surface area contributed by atoms with Gasteiger partial charge in [0.1, 0.15) is 0 Å². The SMILES string of the molecule is CC(OCC(O)CSc1nccn1C)c1ccc(Cl)cc1. The predicted molar refractivity (Wildman–Crippen MR) is 85.8 cm³/mol. The van der Waals surface area contributed by atoms with E-state index in [0.29, 0.717) is 17.4 Å². The zero-order valence-corrected chi connectivity index (χ0v) is 13.6. The average molecular weight is 327 g/mol. The maximum absolute atomic E-state index is 9.97. The zero-order valence-electron chi connectivity index (χ0n) is 12.1. The van der Waals surface area contributed by atoms with Crippen molar-refractivity contribution in [1.29, 1.82) is 0 Å². The first-order valence-electron chi connectivity index (χ1n) is 6.71. The van der Waals surface area contributed by atoms with Crippen LogP contribution >= 0.6 is 23.4 Å². The molecule has 1 N–H and O–H groups in total. The van der Waals surface area contributed by atoms with Crippen molar-refractivity contribution < 1.29 is 9.84 Å². The smallest absolute Gasteiger partial charge is 0.167 e. The maximum Gasteiger partial charge on any atom is 0.167 e. The number of ether oxygens (including phenoxy) is 1. The maximum atomic E-state index is 9.97. The summed E-state index contributed by atoms with van der Waals surface area (Å²) in [4.78, 5) is 4.20. The van der Waals surface area contributed by atoms with Crippen LogP contribution in [0.25, 0.3) is 0 Å². The largest absolute Gasteiger partial charge is 0.390 e. The minimum Gasteiger partial charge on any atom is -0.390 e. The Balaban J connectivity index is 1.74. The number of hydrogen-bond donors (Lipinski definition) is 1. The molecule has 0 aliphatic carbocycles. The number of nitrogens with zero attached hydrogens (tertiary/aromatic N) is 2. The first kappa shape index (κ1) is 16.4. The summed E-state index contributed by atoms with van der Waals surface area (Å²) in [5.41, 5.74) is 1.04. The van der Waals surface area contributed by atoms with E-state index in [-0.39, 0.29) is 6.10 Å². The molecule has 0 aliphatic rings. The Bertz CT molecular complexity index is 559. The molecule has 0 bridgehead atoms. The van der Waals surface area contributed by atoms with Crippen LogP contribution in [0.15, 0.2) is 41.8 Å². The number of aromatic nitrogens is 2. The standard InChI is InChI=1S/C15H19ClN2O2S/c1-11(12-3-5-13(16)6-4-12)20-9-14(19)10-21-15-17-7-8-18(15)2/h3-8,11,14,19H,9-10H2,1-2H3. The Morgan fingerprint density at radius 1 is 1.38 bits per heavy atom. The number of aliphatic hydroxyl groups is 1. The number of rotatable bonds is 7. The van der Waals surface area contributed by atoms with Gasteiger partial charge in [0.25, 0.3) is 0 Å². The van der Waals surface area contributed by atoms with E-state index in [4.69, 9.17) is 16.3 Å². The lowest BCUT2D eigenvalue weighted by atomic mass is 10.1. The van der Waals surface area contributed by atoms with E-state index in [9.17, 15) is 5.11 Å². The molecule has 4 nitrogen and oxygen atoms in total. The van der Waals surface area contributed by atoms with E-state index in [1.807, 2.05) is 49.0 Å². The highest BCUT2D eigenvalue weighted by Crippen LogP contribution is 2.20. The van der Waals surface area contributed by atoms with Crippen LogP contribution in [0, 0.1) is 0 Å². The fraction of sp³-hybridized carbons (Fsp3) is 0.400. The summed E-state index contributed by atoms with van der Waals surface area (Å²) in [6.07, 6.45) is 3.03. The molecule has 0 aliphatic heterocycles. The van der Waals surface area contributed by atoms with Gasteiger partial charge in [0.05, 0.1) is 18.8 Å². The summed E-state index contributed by atoms with van der Waals surface area (Å²) in [5, 5.41) is 11.6. The van der Waals surface area contributed by atoms with Crippen LogP contribution in [0.1, 0.15) is 18.6 Å². The van der Waals surface area contributed by atoms with Crippen molar-refractivity contribution in [2.45, 2.75) is 24.3 Å². The third kappa shape index (κ3) is 5.04. The van der Waals surface area contributed by atoms with Gasteiger partial charge in [-0.2, -0.15) is 0 Å². The van der Waals surface area contributed by atoms with Gasteiger partial charge in [0, 0.05) is 30.2 Å². The van der Waals surface area contributed by atoms with Crippen molar-refractivity contribution in [2.75, 3.05) is 12.4 Å². The second-order valence-corrected chi connectivity index (χ2v) is 6.24. The van der Waals surface area contributed by atoms with E-state index >= 15 is 0 Å². The Kier molecular flexibility index (Phi) is 6.11. The normalized spacial score (nSPS) is 14.1. The average Bonchev–Trinajstić information content (AvgIpc) is 2.88. The lowest BCUT2D eigenvalue weighted by Crippen LogP contribution is -2.19. The fourth-order valence-electron chi connectivity index (χ4n) is 1.80. The summed E-state index contributed by atoms with van der Waals surface area (Å²) < 4.78 is 7.62. The van der Waals surface area contributed by atoms with Crippen LogP contribution < -0.4 is 0 Å². The van der Waals surface area contributed by atoms with Crippen LogP contribution in [0.4, 0.5) is 0 Å². The van der Waals surface area contributed by atoms with E-state index < -0.39 is 6.10 Å². The molecule has 6 heteroatoms. The van der Waals surface area contributed by atoms with Crippen LogP contribution in [0.3, 0.4) is 0 Å². The van der Waals surface area contributed by atoms with E-state index in [2.05, 4.69) is 4.98 Å². The minimum atomic E-state index is -0.526.